The van der Waals surface area contributed by atoms with E-state index in [1.54, 1.807) is 0 Å². The summed E-state index contributed by atoms with van der Waals surface area (Å²) in [5, 5.41) is 16.8. The van der Waals surface area contributed by atoms with Crippen LogP contribution >= 0.6 is 0 Å². The van der Waals surface area contributed by atoms with E-state index in [0.29, 0.717) is 12.8 Å². The van der Waals surface area contributed by atoms with Crippen molar-refractivity contribution in [2.75, 3.05) is 0 Å². The number of carboxylic acids is 1. The minimum Gasteiger partial charge on any atom is -0.477 e. The molecule has 0 spiro atoms. The molecule has 21 heavy (non-hydrogen) atoms. The molecule has 0 fully saturated rings. The van der Waals surface area contributed by atoms with Gasteiger partial charge in [0.25, 0.3) is 0 Å². The van der Waals surface area contributed by atoms with Crippen molar-refractivity contribution in [1.29, 1.82) is 0 Å². The number of aromatic carboxylic acids is 1. The molecule has 2 aromatic rings. The SMILES string of the molecule is CCc1nnc(Oc2cccc(F)c2C(=O)O)nc1CC. The van der Waals surface area contributed by atoms with Gasteiger partial charge in [0.15, 0.2) is 0 Å². The number of halogens is 1. The van der Waals surface area contributed by atoms with Crippen molar-refractivity contribution in [2.45, 2.75) is 26.7 Å². The lowest BCUT2D eigenvalue weighted by Gasteiger charge is -2.09. The van der Waals surface area contributed by atoms with Crippen LogP contribution in [0.1, 0.15) is 35.6 Å². The van der Waals surface area contributed by atoms with Crippen LogP contribution in [0.4, 0.5) is 4.39 Å². The normalized spacial score (nSPS) is 10.4. The summed E-state index contributed by atoms with van der Waals surface area (Å²) in [5.74, 6) is -2.46. The number of carbonyl (C=O) groups is 1. The lowest BCUT2D eigenvalue weighted by molar-refractivity contribution is 0.0688. The first-order chi connectivity index (χ1) is 10.1. The molecule has 0 saturated heterocycles. The molecule has 6 nitrogen and oxygen atoms in total. The second-order valence-corrected chi connectivity index (χ2v) is 4.22. The standard InChI is InChI=1S/C14H14FN3O3/c1-3-9-10(4-2)17-18-14(16-9)21-11-7-5-6-8(15)12(11)13(19)20/h5-7H,3-4H2,1-2H3,(H,19,20). The molecule has 0 amide bonds. The molecule has 1 aromatic heterocycles. The van der Waals surface area contributed by atoms with Crippen LogP contribution in [0.25, 0.3) is 0 Å². The molecule has 0 bridgehead atoms. The molecule has 0 aliphatic rings. The topological polar surface area (TPSA) is 85.2 Å². The third-order valence-corrected chi connectivity index (χ3v) is 2.88. The number of benzene rings is 1. The highest BCUT2D eigenvalue weighted by molar-refractivity contribution is 5.91. The van der Waals surface area contributed by atoms with E-state index < -0.39 is 17.3 Å². The predicted molar refractivity (Wildman–Crippen MR) is 72.0 cm³/mol. The van der Waals surface area contributed by atoms with E-state index in [-0.39, 0.29) is 11.8 Å². The van der Waals surface area contributed by atoms with Crippen LogP contribution in [0.15, 0.2) is 18.2 Å². The van der Waals surface area contributed by atoms with E-state index in [1.165, 1.54) is 12.1 Å². The Hall–Kier alpha value is -2.57. The molecular weight excluding hydrogens is 277 g/mol. The second-order valence-electron chi connectivity index (χ2n) is 4.22. The Morgan fingerprint density at radius 2 is 1.95 bits per heavy atom. The molecule has 110 valence electrons. The van der Waals surface area contributed by atoms with Gasteiger partial charge in [0.1, 0.15) is 17.1 Å². The van der Waals surface area contributed by atoms with Crippen molar-refractivity contribution in [2.24, 2.45) is 0 Å². The molecule has 1 aromatic carbocycles. The van der Waals surface area contributed by atoms with E-state index >= 15 is 0 Å². The summed E-state index contributed by atoms with van der Waals surface area (Å²) in [6, 6.07) is 3.64. The fourth-order valence-electron chi connectivity index (χ4n) is 1.86. The summed E-state index contributed by atoms with van der Waals surface area (Å²) in [6.07, 6.45) is 1.33. The van der Waals surface area contributed by atoms with E-state index in [0.717, 1.165) is 17.5 Å². The lowest BCUT2D eigenvalue weighted by atomic mass is 10.2. The van der Waals surface area contributed by atoms with E-state index in [2.05, 4.69) is 15.2 Å². The van der Waals surface area contributed by atoms with Gasteiger partial charge in [-0.25, -0.2) is 9.18 Å². The number of hydrogen-bond acceptors (Lipinski definition) is 5. The van der Waals surface area contributed by atoms with Crippen molar-refractivity contribution in [3.63, 3.8) is 0 Å². The zero-order chi connectivity index (χ0) is 15.4. The van der Waals surface area contributed by atoms with E-state index in [9.17, 15) is 9.18 Å². The van der Waals surface area contributed by atoms with Crippen LogP contribution in [-0.4, -0.2) is 26.3 Å². The highest BCUT2D eigenvalue weighted by Gasteiger charge is 2.18. The minimum absolute atomic E-state index is 0.0999. The van der Waals surface area contributed by atoms with Crippen molar-refractivity contribution in [3.05, 3.63) is 41.0 Å². The van der Waals surface area contributed by atoms with Gasteiger partial charge in [-0.05, 0) is 25.0 Å². The number of rotatable bonds is 5. The summed E-state index contributed by atoms with van der Waals surface area (Å²) in [7, 11) is 0. The Balaban J connectivity index is 2.39. The Bertz CT molecular complexity index is 677. The lowest BCUT2D eigenvalue weighted by Crippen LogP contribution is -2.07. The number of carboxylic acid groups (broad SMARTS) is 1. The molecular formula is C14H14FN3O3. The van der Waals surface area contributed by atoms with Crippen LogP contribution in [0.5, 0.6) is 11.8 Å². The van der Waals surface area contributed by atoms with Crippen molar-refractivity contribution in [1.82, 2.24) is 15.2 Å². The third kappa shape index (κ3) is 3.13. The van der Waals surface area contributed by atoms with Crippen LogP contribution in [0.2, 0.25) is 0 Å². The molecule has 0 atom stereocenters. The van der Waals surface area contributed by atoms with Gasteiger partial charge in [0, 0.05) is 0 Å². The molecule has 1 heterocycles. The first kappa shape index (κ1) is 14.8. The zero-order valence-electron chi connectivity index (χ0n) is 11.6. The molecule has 2 rings (SSSR count). The van der Waals surface area contributed by atoms with Crippen LogP contribution in [0.3, 0.4) is 0 Å². The summed E-state index contributed by atoms with van der Waals surface area (Å²) >= 11 is 0. The number of hydrogen-bond donors (Lipinski definition) is 1. The minimum atomic E-state index is -1.42. The average Bonchev–Trinajstić information content (AvgIpc) is 2.46. The quantitative estimate of drug-likeness (QED) is 0.911. The van der Waals surface area contributed by atoms with Crippen LogP contribution in [-0.2, 0) is 12.8 Å². The van der Waals surface area contributed by atoms with Gasteiger partial charge in [-0.15, -0.1) is 5.10 Å². The van der Waals surface area contributed by atoms with Gasteiger partial charge in [-0.3, -0.25) is 0 Å². The van der Waals surface area contributed by atoms with Crippen molar-refractivity contribution < 1.29 is 19.0 Å². The molecule has 0 saturated carbocycles. The molecule has 1 N–H and O–H groups in total. The van der Waals surface area contributed by atoms with Gasteiger partial charge in [-0.1, -0.05) is 25.0 Å². The fraction of sp³-hybridized carbons (Fsp3) is 0.286. The monoisotopic (exact) mass is 291 g/mol. The first-order valence-electron chi connectivity index (χ1n) is 6.48. The molecule has 7 heteroatoms. The highest BCUT2D eigenvalue weighted by atomic mass is 19.1. The number of aryl methyl sites for hydroxylation is 2. The summed E-state index contributed by atoms with van der Waals surface area (Å²) in [4.78, 5) is 15.3. The Labute approximate surface area is 120 Å². The van der Waals surface area contributed by atoms with Crippen molar-refractivity contribution >= 4 is 5.97 Å². The zero-order valence-corrected chi connectivity index (χ0v) is 11.6. The van der Waals surface area contributed by atoms with Gasteiger partial charge < -0.3 is 9.84 Å². The molecule has 0 radical (unpaired) electrons. The summed E-state index contributed by atoms with van der Waals surface area (Å²) in [6.45, 7) is 3.85. The van der Waals surface area contributed by atoms with Crippen LogP contribution in [0, 0.1) is 5.82 Å². The maximum atomic E-state index is 13.6. The van der Waals surface area contributed by atoms with Gasteiger partial charge in [-0.2, -0.15) is 4.98 Å². The Morgan fingerprint density at radius 3 is 2.57 bits per heavy atom. The summed E-state index contributed by atoms with van der Waals surface area (Å²) in [5.41, 5.74) is 0.914. The maximum Gasteiger partial charge on any atom is 0.342 e. The molecule has 0 aliphatic carbocycles. The second kappa shape index (κ2) is 6.25. The van der Waals surface area contributed by atoms with Gasteiger partial charge in [0.2, 0.25) is 0 Å². The predicted octanol–water partition coefficient (Wildman–Crippen LogP) is 2.63. The number of nitrogens with zero attached hydrogens (tertiary/aromatic N) is 3. The van der Waals surface area contributed by atoms with Gasteiger partial charge >= 0.3 is 12.0 Å². The Kier molecular flexibility index (Phi) is 4.42. The fourth-order valence-corrected chi connectivity index (χ4v) is 1.86. The smallest absolute Gasteiger partial charge is 0.342 e. The van der Waals surface area contributed by atoms with E-state index in [1.807, 2.05) is 13.8 Å². The third-order valence-electron chi connectivity index (χ3n) is 2.88. The van der Waals surface area contributed by atoms with E-state index in [4.69, 9.17) is 9.84 Å². The molecule has 0 unspecified atom stereocenters. The van der Waals surface area contributed by atoms with Gasteiger partial charge in [0.05, 0.1) is 11.4 Å². The maximum absolute atomic E-state index is 13.6. The largest absolute Gasteiger partial charge is 0.477 e. The Morgan fingerprint density at radius 1 is 1.24 bits per heavy atom. The van der Waals surface area contributed by atoms with Crippen molar-refractivity contribution in [3.8, 4) is 11.8 Å². The average molecular weight is 291 g/mol. The molecule has 0 aliphatic heterocycles. The summed E-state index contributed by atoms with van der Waals surface area (Å²) < 4.78 is 18.8. The number of aromatic nitrogens is 3. The number of ether oxygens (including phenoxy) is 1. The highest BCUT2D eigenvalue weighted by Crippen LogP contribution is 2.25. The van der Waals surface area contributed by atoms with Crippen LogP contribution < -0.4 is 4.74 Å². The first-order valence-corrected chi connectivity index (χ1v) is 6.48.